The van der Waals surface area contributed by atoms with E-state index >= 15 is 0 Å². The zero-order valence-corrected chi connectivity index (χ0v) is 19.6. The highest BCUT2D eigenvalue weighted by Crippen LogP contribution is 2.33. The Bertz CT molecular complexity index is 1130. The first kappa shape index (κ1) is 22.5. The third-order valence-electron chi connectivity index (χ3n) is 6.35. The van der Waals surface area contributed by atoms with Crippen LogP contribution in [0.4, 0.5) is 21.8 Å². The molecule has 9 nitrogen and oxygen atoms in total. The second kappa shape index (κ2) is 9.92. The van der Waals surface area contributed by atoms with E-state index in [1.165, 1.54) is 6.20 Å². The van der Waals surface area contributed by atoms with Crippen LogP contribution in [0.2, 0.25) is 0 Å². The van der Waals surface area contributed by atoms with Crippen LogP contribution >= 0.6 is 0 Å². The maximum Gasteiger partial charge on any atom is 0.225 e. The Morgan fingerprint density at radius 3 is 2.59 bits per heavy atom. The van der Waals surface area contributed by atoms with Gasteiger partial charge in [-0.15, -0.1) is 0 Å². The molecule has 10 heteroatoms. The van der Waals surface area contributed by atoms with Crippen LogP contribution < -0.4 is 19.9 Å². The summed E-state index contributed by atoms with van der Waals surface area (Å²) in [6.07, 6.45) is 8.33. The normalized spacial score (nSPS) is 20.9. The van der Waals surface area contributed by atoms with Gasteiger partial charge in [0, 0.05) is 57.4 Å². The fourth-order valence-electron chi connectivity index (χ4n) is 4.55. The lowest BCUT2D eigenvalue weighted by Crippen LogP contribution is -2.36. The van der Waals surface area contributed by atoms with E-state index in [4.69, 9.17) is 9.47 Å². The second-order valence-electron chi connectivity index (χ2n) is 8.96. The lowest BCUT2D eigenvalue weighted by atomic mass is 9.93. The monoisotopic (exact) mass is 467 g/mol. The Balaban J connectivity index is 1.26. The van der Waals surface area contributed by atoms with Gasteiger partial charge in [-0.3, -0.25) is 4.98 Å². The molecule has 34 heavy (non-hydrogen) atoms. The summed E-state index contributed by atoms with van der Waals surface area (Å²) in [6, 6.07) is 4.38. The number of nitrogens with zero attached hydrogens (tertiary/aromatic N) is 6. The number of hydrogen-bond donors (Lipinski definition) is 1. The number of aromatic nitrogens is 4. The van der Waals surface area contributed by atoms with Gasteiger partial charge < -0.3 is 24.6 Å². The first-order valence-electron chi connectivity index (χ1n) is 11.8. The van der Waals surface area contributed by atoms with Gasteiger partial charge in [0.2, 0.25) is 5.95 Å². The van der Waals surface area contributed by atoms with E-state index in [2.05, 4.69) is 42.3 Å². The minimum absolute atomic E-state index is 0.0923. The van der Waals surface area contributed by atoms with Gasteiger partial charge in [-0.25, -0.2) is 14.4 Å². The van der Waals surface area contributed by atoms with Crippen molar-refractivity contribution >= 4 is 28.5 Å². The van der Waals surface area contributed by atoms with Crippen LogP contribution in [-0.2, 0) is 4.74 Å². The van der Waals surface area contributed by atoms with Crippen molar-refractivity contribution in [2.45, 2.75) is 37.8 Å². The summed E-state index contributed by atoms with van der Waals surface area (Å²) in [6.45, 7) is 3.14. The summed E-state index contributed by atoms with van der Waals surface area (Å²) in [5, 5.41) is 3.36. The molecular weight excluding hydrogens is 437 g/mol. The minimum Gasteiger partial charge on any atom is -0.488 e. The Labute approximate surface area is 198 Å². The van der Waals surface area contributed by atoms with Gasteiger partial charge in [0.25, 0.3) is 0 Å². The summed E-state index contributed by atoms with van der Waals surface area (Å²) in [7, 11) is 3.53. The molecule has 1 saturated carbocycles. The number of anilines is 3. The van der Waals surface area contributed by atoms with Gasteiger partial charge in [0.1, 0.15) is 11.3 Å². The molecule has 3 heterocycles. The van der Waals surface area contributed by atoms with E-state index in [9.17, 15) is 4.39 Å². The molecule has 1 N–H and O–H groups in total. The van der Waals surface area contributed by atoms with Crippen molar-refractivity contribution in [3.63, 3.8) is 0 Å². The SMILES string of the molecule is CN(C)c1nc(NC2CCC(Oc3cc(N4CCOCC4)cc4nccnc34)CC2)ncc1F. The number of ether oxygens (including phenoxy) is 2. The van der Waals surface area contributed by atoms with E-state index in [1.54, 1.807) is 31.4 Å². The molecule has 0 radical (unpaired) electrons. The number of nitrogens with one attached hydrogen (secondary N) is 1. The quantitative estimate of drug-likeness (QED) is 0.587. The van der Waals surface area contributed by atoms with Crippen molar-refractivity contribution in [3.05, 3.63) is 36.5 Å². The highest BCUT2D eigenvalue weighted by atomic mass is 19.1. The number of hydrogen-bond acceptors (Lipinski definition) is 9. The molecule has 2 fully saturated rings. The standard InChI is InChI=1S/C24H30FN7O2/c1-31(2)23-19(25)15-28-24(30-23)29-16-3-5-18(6-4-16)34-21-14-17(32-9-11-33-12-10-32)13-20-22(21)27-8-7-26-20/h7-8,13-16,18H,3-6,9-12H2,1-2H3,(H,28,29,30). The average molecular weight is 468 g/mol. The van der Waals surface area contributed by atoms with Crippen molar-refractivity contribution in [2.24, 2.45) is 0 Å². The molecule has 0 amide bonds. The van der Waals surface area contributed by atoms with E-state index in [0.717, 1.165) is 74.5 Å². The average Bonchev–Trinajstić information content (AvgIpc) is 2.86. The summed E-state index contributed by atoms with van der Waals surface area (Å²) in [4.78, 5) is 21.4. The zero-order chi connectivity index (χ0) is 23.5. The lowest BCUT2D eigenvalue weighted by Gasteiger charge is -2.31. The van der Waals surface area contributed by atoms with Gasteiger partial charge in [0.05, 0.1) is 31.0 Å². The second-order valence-corrected chi connectivity index (χ2v) is 8.96. The van der Waals surface area contributed by atoms with E-state index in [1.807, 2.05) is 0 Å². The highest BCUT2D eigenvalue weighted by Gasteiger charge is 2.25. The van der Waals surface area contributed by atoms with Crippen molar-refractivity contribution in [1.29, 1.82) is 0 Å². The number of rotatable bonds is 6. The number of benzene rings is 1. The first-order chi connectivity index (χ1) is 16.6. The maximum atomic E-state index is 13.9. The first-order valence-corrected chi connectivity index (χ1v) is 11.8. The third-order valence-corrected chi connectivity index (χ3v) is 6.35. The smallest absolute Gasteiger partial charge is 0.225 e. The van der Waals surface area contributed by atoms with Crippen molar-refractivity contribution < 1.29 is 13.9 Å². The van der Waals surface area contributed by atoms with E-state index in [0.29, 0.717) is 5.95 Å². The molecule has 2 aliphatic rings. The molecule has 0 bridgehead atoms. The van der Waals surface area contributed by atoms with Crippen molar-refractivity contribution in [2.75, 3.05) is 55.5 Å². The van der Waals surface area contributed by atoms with Crippen molar-refractivity contribution in [1.82, 2.24) is 19.9 Å². The van der Waals surface area contributed by atoms with E-state index in [-0.39, 0.29) is 18.0 Å². The predicted octanol–water partition coefficient (Wildman–Crippen LogP) is 3.26. The molecule has 1 aliphatic heterocycles. The van der Waals surface area contributed by atoms with Crippen LogP contribution in [0.3, 0.4) is 0 Å². The molecular formula is C24H30FN7O2. The predicted molar refractivity (Wildman–Crippen MR) is 129 cm³/mol. The van der Waals surface area contributed by atoms with Crippen LogP contribution in [0.5, 0.6) is 5.75 Å². The van der Waals surface area contributed by atoms with Crippen LogP contribution in [0.15, 0.2) is 30.7 Å². The van der Waals surface area contributed by atoms with Gasteiger partial charge in [-0.05, 0) is 31.7 Å². The molecule has 180 valence electrons. The Morgan fingerprint density at radius 2 is 1.82 bits per heavy atom. The number of fused-ring (bicyclic) bond motifs is 1. The molecule has 5 rings (SSSR count). The van der Waals surface area contributed by atoms with Crippen LogP contribution in [0.25, 0.3) is 11.0 Å². The Hall–Kier alpha value is -3.27. The van der Waals surface area contributed by atoms with Crippen LogP contribution in [0.1, 0.15) is 25.7 Å². The molecule has 1 aliphatic carbocycles. The van der Waals surface area contributed by atoms with Crippen LogP contribution in [-0.4, -0.2) is 72.5 Å². The molecule has 1 saturated heterocycles. The summed E-state index contributed by atoms with van der Waals surface area (Å²) >= 11 is 0. The largest absolute Gasteiger partial charge is 0.488 e. The zero-order valence-electron chi connectivity index (χ0n) is 19.6. The molecule has 0 unspecified atom stereocenters. The minimum atomic E-state index is -0.428. The third kappa shape index (κ3) is 4.96. The Morgan fingerprint density at radius 1 is 1.06 bits per heavy atom. The topological polar surface area (TPSA) is 88.5 Å². The summed E-state index contributed by atoms with van der Waals surface area (Å²) < 4.78 is 25.9. The molecule has 3 aromatic rings. The number of halogens is 1. The van der Waals surface area contributed by atoms with Gasteiger partial charge in [0.15, 0.2) is 11.6 Å². The molecule has 1 aromatic carbocycles. The lowest BCUT2D eigenvalue weighted by molar-refractivity contribution is 0.122. The highest BCUT2D eigenvalue weighted by molar-refractivity contribution is 5.85. The Kier molecular flexibility index (Phi) is 6.57. The molecule has 0 spiro atoms. The maximum absolute atomic E-state index is 13.9. The van der Waals surface area contributed by atoms with Gasteiger partial charge in [-0.1, -0.05) is 0 Å². The van der Waals surface area contributed by atoms with Crippen molar-refractivity contribution in [3.8, 4) is 5.75 Å². The number of morpholine rings is 1. The fraction of sp³-hybridized carbons (Fsp3) is 0.500. The van der Waals surface area contributed by atoms with Crippen LogP contribution in [0, 0.1) is 5.82 Å². The fourth-order valence-corrected chi connectivity index (χ4v) is 4.55. The molecule has 2 aromatic heterocycles. The van der Waals surface area contributed by atoms with E-state index < -0.39 is 5.82 Å². The van der Waals surface area contributed by atoms with Gasteiger partial charge >= 0.3 is 0 Å². The van der Waals surface area contributed by atoms with Gasteiger partial charge in [-0.2, -0.15) is 4.98 Å². The summed E-state index contributed by atoms with van der Waals surface area (Å²) in [5.41, 5.74) is 2.71. The summed E-state index contributed by atoms with van der Waals surface area (Å²) in [5.74, 6) is 1.08. The molecule has 0 atom stereocenters.